The molecule has 1 aromatic heterocycles. The molecule has 0 saturated carbocycles. The van der Waals surface area contributed by atoms with Crippen LogP contribution in [-0.2, 0) is 16.1 Å². The van der Waals surface area contributed by atoms with Crippen molar-refractivity contribution in [3.8, 4) is 6.07 Å². The number of allylic oxidation sites excluding steroid dienone is 3. The second-order valence-electron chi connectivity index (χ2n) is 7.72. The van der Waals surface area contributed by atoms with Crippen LogP contribution in [0.2, 0.25) is 0 Å². The molecule has 0 aliphatic carbocycles. The molecule has 0 N–H and O–H groups in total. The lowest BCUT2D eigenvalue weighted by Gasteiger charge is -2.23. The van der Waals surface area contributed by atoms with Gasteiger partial charge in [0.1, 0.15) is 17.1 Å². The zero-order valence-electron chi connectivity index (χ0n) is 16.9. The molecule has 1 fully saturated rings. The zero-order valence-corrected chi connectivity index (χ0v) is 17.7. The second kappa shape index (κ2) is 8.98. The van der Waals surface area contributed by atoms with Crippen molar-refractivity contribution in [2.45, 2.75) is 39.8 Å². The number of likely N-dealkylation sites (tertiary alicyclic amines) is 1. The van der Waals surface area contributed by atoms with Crippen LogP contribution in [-0.4, -0.2) is 45.2 Å². The van der Waals surface area contributed by atoms with Crippen molar-refractivity contribution in [3.63, 3.8) is 0 Å². The van der Waals surface area contributed by atoms with E-state index in [1.165, 1.54) is 19.1 Å². The van der Waals surface area contributed by atoms with Crippen molar-refractivity contribution in [2.24, 2.45) is 5.41 Å². The fourth-order valence-corrected chi connectivity index (χ4v) is 4.19. The lowest BCUT2D eigenvalue weighted by atomic mass is 9.89. The zero-order chi connectivity index (χ0) is 21.9. The fourth-order valence-electron chi connectivity index (χ4n) is 3.63. The van der Waals surface area contributed by atoms with Crippen LogP contribution in [0.3, 0.4) is 0 Å². The number of carbonyl (C=O) groups is 1. The molecule has 1 amide bonds. The number of benzene rings is 1. The third-order valence-corrected chi connectivity index (χ3v) is 5.64. The largest absolute Gasteiger partial charge is 0.364 e. The standard InChI is InChI=1S/C21H22F2N4O2S/c1-4-13(10-24)15(19(22)23)8-9-29-18-20(28)27(12-21(18,2)3)11-14-6-5-7-16-17(14)26-30-25-16/h4-8,18-19H,9,11-12H2,1-3H3/b13-4-,15-8+. The SMILES string of the molecule is C/C=C(C#N)\C(=C/COC1C(=O)N(Cc2cccc3nsnc23)CC1(C)C)C(F)F. The third kappa shape index (κ3) is 4.40. The molecule has 158 valence electrons. The van der Waals surface area contributed by atoms with Gasteiger partial charge in [-0.15, -0.1) is 0 Å². The number of aromatic nitrogens is 2. The molecule has 2 heterocycles. The van der Waals surface area contributed by atoms with Gasteiger partial charge in [0.15, 0.2) is 0 Å². The maximum atomic E-state index is 13.3. The van der Waals surface area contributed by atoms with E-state index in [9.17, 15) is 13.6 Å². The highest BCUT2D eigenvalue weighted by atomic mass is 32.1. The Balaban J connectivity index is 1.73. The number of ether oxygens (including phenoxy) is 1. The summed E-state index contributed by atoms with van der Waals surface area (Å²) in [6.07, 6.45) is -1.05. The van der Waals surface area contributed by atoms with Gasteiger partial charge in [-0.2, -0.15) is 14.0 Å². The molecular formula is C21H22F2N4O2S. The molecule has 9 heteroatoms. The molecule has 1 aliphatic heterocycles. The van der Waals surface area contributed by atoms with Crippen molar-refractivity contribution in [1.29, 1.82) is 5.26 Å². The smallest absolute Gasteiger partial charge is 0.264 e. The Morgan fingerprint density at radius 2 is 2.23 bits per heavy atom. The maximum Gasteiger partial charge on any atom is 0.264 e. The normalized spacial score (nSPS) is 19.7. The molecule has 6 nitrogen and oxygen atoms in total. The van der Waals surface area contributed by atoms with Crippen molar-refractivity contribution < 1.29 is 18.3 Å². The second-order valence-corrected chi connectivity index (χ2v) is 8.25. The van der Waals surface area contributed by atoms with E-state index < -0.39 is 17.9 Å². The Bertz CT molecular complexity index is 1040. The first-order chi connectivity index (χ1) is 14.3. The molecule has 3 rings (SSSR count). The molecular weight excluding hydrogens is 410 g/mol. The topological polar surface area (TPSA) is 79.1 Å². The molecule has 1 aromatic carbocycles. The van der Waals surface area contributed by atoms with E-state index in [0.29, 0.717) is 13.1 Å². The molecule has 0 spiro atoms. The van der Waals surface area contributed by atoms with E-state index >= 15 is 0 Å². The van der Waals surface area contributed by atoms with Crippen LogP contribution in [0, 0.1) is 16.7 Å². The maximum absolute atomic E-state index is 13.3. The van der Waals surface area contributed by atoms with Crippen LogP contribution >= 0.6 is 11.7 Å². The van der Waals surface area contributed by atoms with E-state index in [1.54, 1.807) is 11.0 Å². The first kappa shape index (κ1) is 22.0. The minimum Gasteiger partial charge on any atom is -0.364 e. The van der Waals surface area contributed by atoms with Crippen molar-refractivity contribution in [2.75, 3.05) is 13.2 Å². The van der Waals surface area contributed by atoms with Crippen LogP contribution in [0.4, 0.5) is 8.78 Å². The van der Waals surface area contributed by atoms with Gasteiger partial charge in [-0.1, -0.05) is 32.1 Å². The monoisotopic (exact) mass is 432 g/mol. The van der Waals surface area contributed by atoms with Gasteiger partial charge in [-0.3, -0.25) is 4.79 Å². The van der Waals surface area contributed by atoms with Crippen LogP contribution in [0.25, 0.3) is 11.0 Å². The molecule has 30 heavy (non-hydrogen) atoms. The van der Waals surface area contributed by atoms with E-state index in [2.05, 4.69) is 8.75 Å². The highest BCUT2D eigenvalue weighted by Gasteiger charge is 2.47. The lowest BCUT2D eigenvalue weighted by molar-refractivity contribution is -0.139. The predicted octanol–water partition coefficient (Wildman–Crippen LogP) is 4.11. The van der Waals surface area contributed by atoms with Crippen molar-refractivity contribution in [1.82, 2.24) is 13.6 Å². The summed E-state index contributed by atoms with van der Waals surface area (Å²) in [6, 6.07) is 7.42. The van der Waals surface area contributed by atoms with Crippen LogP contribution in [0.1, 0.15) is 26.3 Å². The number of hydrogen-bond acceptors (Lipinski definition) is 6. The average Bonchev–Trinajstić information content (AvgIpc) is 3.26. The Kier molecular flexibility index (Phi) is 6.58. The minimum absolute atomic E-state index is 0.0998. The summed E-state index contributed by atoms with van der Waals surface area (Å²) in [5, 5.41) is 9.01. The summed E-state index contributed by atoms with van der Waals surface area (Å²) in [4.78, 5) is 14.7. The Hall–Kier alpha value is -2.70. The number of amides is 1. The summed E-state index contributed by atoms with van der Waals surface area (Å²) in [5.74, 6) is -0.196. The molecule has 0 bridgehead atoms. The van der Waals surface area contributed by atoms with Gasteiger partial charge in [0.2, 0.25) is 0 Å². The van der Waals surface area contributed by atoms with Gasteiger partial charge in [-0.25, -0.2) is 8.78 Å². The molecule has 1 atom stereocenters. The highest BCUT2D eigenvalue weighted by Crippen LogP contribution is 2.34. The summed E-state index contributed by atoms with van der Waals surface area (Å²) >= 11 is 1.12. The average molecular weight is 432 g/mol. The quantitative estimate of drug-likeness (QED) is 0.486. The van der Waals surface area contributed by atoms with Crippen LogP contribution in [0.5, 0.6) is 0 Å². The van der Waals surface area contributed by atoms with E-state index in [0.717, 1.165) is 28.3 Å². The summed E-state index contributed by atoms with van der Waals surface area (Å²) in [6.45, 7) is 6.00. The molecule has 2 aromatic rings. The minimum atomic E-state index is -2.80. The predicted molar refractivity (Wildman–Crippen MR) is 110 cm³/mol. The molecule has 1 unspecified atom stereocenters. The van der Waals surface area contributed by atoms with Crippen LogP contribution < -0.4 is 0 Å². The molecule has 1 aliphatic rings. The Morgan fingerprint density at radius 3 is 2.90 bits per heavy atom. The number of hydrogen-bond donors (Lipinski definition) is 0. The lowest BCUT2D eigenvalue weighted by Crippen LogP contribution is -2.34. The number of nitrogens with zero attached hydrogens (tertiary/aromatic N) is 4. The van der Waals surface area contributed by atoms with Gasteiger partial charge >= 0.3 is 0 Å². The van der Waals surface area contributed by atoms with Crippen molar-refractivity contribution >= 4 is 28.7 Å². The van der Waals surface area contributed by atoms with Gasteiger partial charge in [-0.05, 0) is 19.1 Å². The van der Waals surface area contributed by atoms with E-state index in [1.807, 2.05) is 32.0 Å². The fraction of sp³-hybridized carbons (Fsp3) is 0.429. The molecule has 0 radical (unpaired) electrons. The Morgan fingerprint density at radius 1 is 1.47 bits per heavy atom. The molecule has 1 saturated heterocycles. The summed E-state index contributed by atoms with van der Waals surface area (Å²) < 4.78 is 40.8. The van der Waals surface area contributed by atoms with Gasteiger partial charge in [0.05, 0.1) is 30.0 Å². The first-order valence-electron chi connectivity index (χ1n) is 9.44. The van der Waals surface area contributed by atoms with Crippen molar-refractivity contribution in [3.05, 3.63) is 47.1 Å². The number of carbonyl (C=O) groups excluding carboxylic acids is 1. The number of fused-ring (bicyclic) bond motifs is 1. The summed E-state index contributed by atoms with van der Waals surface area (Å²) in [5.41, 5.74) is 1.48. The Labute approximate surface area is 177 Å². The van der Waals surface area contributed by atoms with Gasteiger partial charge < -0.3 is 9.64 Å². The number of nitriles is 1. The van der Waals surface area contributed by atoms with Crippen LogP contribution in [0.15, 0.2) is 41.5 Å². The van der Waals surface area contributed by atoms with E-state index in [4.69, 9.17) is 10.00 Å². The third-order valence-electron chi connectivity index (χ3n) is 5.10. The summed E-state index contributed by atoms with van der Waals surface area (Å²) in [7, 11) is 0. The number of halogens is 2. The van der Waals surface area contributed by atoms with E-state index in [-0.39, 0.29) is 23.7 Å². The van der Waals surface area contributed by atoms with Gasteiger partial charge in [0.25, 0.3) is 12.3 Å². The number of rotatable bonds is 7. The highest BCUT2D eigenvalue weighted by molar-refractivity contribution is 7.00. The van der Waals surface area contributed by atoms with Gasteiger partial charge in [0, 0.05) is 29.6 Å². The number of alkyl halides is 2. The first-order valence-corrected chi connectivity index (χ1v) is 10.2.